The van der Waals surface area contributed by atoms with Crippen LogP contribution in [0.3, 0.4) is 0 Å². The molecule has 2 aromatic rings. The topological polar surface area (TPSA) is 49.8 Å². The first-order chi connectivity index (χ1) is 11.6. The maximum atomic E-state index is 10.6. The number of benzene rings is 2. The van der Waals surface area contributed by atoms with Gasteiger partial charge in [-0.3, -0.25) is 9.69 Å². The monoisotopic (exact) mass is 327 g/mol. The van der Waals surface area contributed by atoms with Gasteiger partial charge in [0.05, 0.1) is 13.2 Å². The van der Waals surface area contributed by atoms with E-state index in [0.29, 0.717) is 6.61 Å². The van der Waals surface area contributed by atoms with Crippen molar-refractivity contribution in [3.05, 3.63) is 65.7 Å². The van der Waals surface area contributed by atoms with Crippen molar-refractivity contribution in [2.24, 2.45) is 0 Å². The predicted octanol–water partition coefficient (Wildman–Crippen LogP) is 3.26. The molecule has 0 radical (unpaired) electrons. The van der Waals surface area contributed by atoms with Crippen molar-refractivity contribution >= 4 is 5.97 Å². The lowest BCUT2D eigenvalue weighted by Gasteiger charge is -2.13. The summed E-state index contributed by atoms with van der Waals surface area (Å²) in [5.41, 5.74) is 2.52. The van der Waals surface area contributed by atoms with Crippen LogP contribution in [0.2, 0.25) is 0 Å². The first kappa shape index (κ1) is 18.0. The van der Waals surface area contributed by atoms with Crippen molar-refractivity contribution in [1.29, 1.82) is 0 Å². The number of carbonyl (C=O) groups is 1. The van der Waals surface area contributed by atoms with Gasteiger partial charge in [0.25, 0.3) is 0 Å². The van der Waals surface area contributed by atoms with Gasteiger partial charge in [-0.25, -0.2) is 0 Å². The van der Waals surface area contributed by atoms with Gasteiger partial charge in [0.1, 0.15) is 5.75 Å². The van der Waals surface area contributed by atoms with Crippen LogP contribution in [0.1, 0.15) is 17.5 Å². The predicted molar refractivity (Wildman–Crippen MR) is 95.5 cm³/mol. The van der Waals surface area contributed by atoms with Crippen LogP contribution < -0.4 is 4.74 Å². The second kappa shape index (κ2) is 9.73. The van der Waals surface area contributed by atoms with Crippen LogP contribution in [0.25, 0.3) is 0 Å². The third-order valence-corrected chi connectivity index (χ3v) is 3.83. The molecule has 2 rings (SSSR count). The number of ether oxygens (including phenoxy) is 1. The van der Waals surface area contributed by atoms with Gasteiger partial charge in [-0.2, -0.15) is 0 Å². The summed E-state index contributed by atoms with van der Waals surface area (Å²) >= 11 is 0. The number of carboxylic acids is 1. The fourth-order valence-corrected chi connectivity index (χ4v) is 2.49. The van der Waals surface area contributed by atoms with Crippen molar-refractivity contribution in [3.8, 4) is 5.75 Å². The zero-order chi connectivity index (χ0) is 17.2. The lowest BCUT2D eigenvalue weighted by atomic mass is 10.1. The Kier molecular flexibility index (Phi) is 7.30. The highest BCUT2D eigenvalue weighted by molar-refractivity contribution is 5.69. The van der Waals surface area contributed by atoms with E-state index < -0.39 is 5.97 Å². The van der Waals surface area contributed by atoms with E-state index in [9.17, 15) is 4.79 Å². The number of carboxylic acid groups (broad SMARTS) is 1. The average Bonchev–Trinajstić information content (AvgIpc) is 2.58. The van der Waals surface area contributed by atoms with Crippen molar-refractivity contribution in [2.75, 3.05) is 26.7 Å². The molecule has 128 valence electrons. The van der Waals surface area contributed by atoms with Crippen LogP contribution in [0.15, 0.2) is 54.6 Å². The van der Waals surface area contributed by atoms with Gasteiger partial charge >= 0.3 is 5.97 Å². The Morgan fingerprint density at radius 1 is 1.00 bits per heavy atom. The van der Waals surface area contributed by atoms with E-state index in [4.69, 9.17) is 9.84 Å². The van der Waals surface area contributed by atoms with Gasteiger partial charge in [0, 0.05) is 6.54 Å². The van der Waals surface area contributed by atoms with Crippen LogP contribution in [0.4, 0.5) is 0 Å². The van der Waals surface area contributed by atoms with Crippen molar-refractivity contribution in [1.82, 2.24) is 4.90 Å². The lowest BCUT2D eigenvalue weighted by molar-refractivity contribution is -0.137. The minimum atomic E-state index is -0.795. The number of hydrogen-bond donors (Lipinski definition) is 1. The second-order valence-electron chi connectivity index (χ2n) is 5.96. The molecule has 0 atom stereocenters. The van der Waals surface area contributed by atoms with Crippen LogP contribution in [-0.2, 0) is 17.6 Å². The van der Waals surface area contributed by atoms with Crippen LogP contribution in [0, 0.1) is 0 Å². The summed E-state index contributed by atoms with van der Waals surface area (Å²) in [6.45, 7) is 1.50. The zero-order valence-corrected chi connectivity index (χ0v) is 14.1. The van der Waals surface area contributed by atoms with Gasteiger partial charge in [-0.05, 0) is 49.6 Å². The SMILES string of the molecule is CN(CCc1ccc(OCCCc2ccccc2)cc1)CC(=O)O. The average molecular weight is 327 g/mol. The molecule has 0 amide bonds. The molecule has 0 saturated heterocycles. The molecule has 0 aliphatic carbocycles. The molecular weight excluding hydrogens is 302 g/mol. The minimum absolute atomic E-state index is 0.0720. The smallest absolute Gasteiger partial charge is 0.317 e. The Morgan fingerprint density at radius 3 is 2.33 bits per heavy atom. The van der Waals surface area contributed by atoms with Gasteiger partial charge < -0.3 is 9.84 Å². The molecule has 24 heavy (non-hydrogen) atoms. The molecule has 2 aromatic carbocycles. The fraction of sp³-hybridized carbons (Fsp3) is 0.350. The molecule has 4 heteroatoms. The molecular formula is C20H25NO3. The van der Waals surface area contributed by atoms with E-state index in [2.05, 4.69) is 24.3 Å². The zero-order valence-electron chi connectivity index (χ0n) is 14.1. The first-order valence-electron chi connectivity index (χ1n) is 8.29. The number of aryl methyl sites for hydroxylation is 1. The van der Waals surface area contributed by atoms with Gasteiger partial charge in [-0.1, -0.05) is 42.5 Å². The Labute approximate surface area is 143 Å². The van der Waals surface area contributed by atoms with Crippen molar-refractivity contribution < 1.29 is 14.6 Å². The van der Waals surface area contributed by atoms with Gasteiger partial charge in [0.15, 0.2) is 0 Å². The van der Waals surface area contributed by atoms with Crippen LogP contribution in [0.5, 0.6) is 5.75 Å². The maximum absolute atomic E-state index is 10.6. The minimum Gasteiger partial charge on any atom is -0.494 e. The Balaban J connectivity index is 1.67. The molecule has 0 unspecified atom stereocenters. The molecule has 0 aromatic heterocycles. The number of rotatable bonds is 10. The van der Waals surface area contributed by atoms with E-state index in [1.807, 2.05) is 37.4 Å². The highest BCUT2D eigenvalue weighted by Crippen LogP contribution is 2.13. The normalized spacial score (nSPS) is 10.8. The molecule has 0 saturated carbocycles. The number of likely N-dealkylation sites (N-methyl/N-ethyl adjacent to an activating group) is 1. The maximum Gasteiger partial charge on any atom is 0.317 e. The molecule has 0 aliphatic rings. The number of hydrogen-bond acceptors (Lipinski definition) is 3. The number of aliphatic carboxylic acids is 1. The molecule has 0 bridgehead atoms. The van der Waals surface area contributed by atoms with Gasteiger partial charge in [-0.15, -0.1) is 0 Å². The van der Waals surface area contributed by atoms with Gasteiger partial charge in [0.2, 0.25) is 0 Å². The third kappa shape index (κ3) is 6.84. The van der Waals surface area contributed by atoms with Crippen LogP contribution >= 0.6 is 0 Å². The van der Waals surface area contributed by atoms with E-state index >= 15 is 0 Å². The van der Waals surface area contributed by atoms with Crippen molar-refractivity contribution in [2.45, 2.75) is 19.3 Å². The standard InChI is InChI=1S/C20H25NO3/c1-21(16-20(22)23)14-13-18-9-11-19(12-10-18)24-15-5-8-17-6-3-2-4-7-17/h2-4,6-7,9-12H,5,8,13-16H2,1H3,(H,22,23). The highest BCUT2D eigenvalue weighted by Gasteiger charge is 2.04. The molecule has 0 fully saturated rings. The summed E-state index contributed by atoms with van der Waals surface area (Å²) in [5.74, 6) is 0.0856. The summed E-state index contributed by atoms with van der Waals surface area (Å²) in [6, 6.07) is 18.5. The third-order valence-electron chi connectivity index (χ3n) is 3.83. The summed E-state index contributed by atoms with van der Waals surface area (Å²) < 4.78 is 5.77. The molecule has 0 spiro atoms. The fourth-order valence-electron chi connectivity index (χ4n) is 2.49. The quantitative estimate of drug-likeness (QED) is 0.681. The Hall–Kier alpha value is -2.33. The lowest BCUT2D eigenvalue weighted by Crippen LogP contribution is -2.27. The molecule has 4 nitrogen and oxygen atoms in total. The van der Waals surface area contributed by atoms with E-state index in [1.165, 1.54) is 11.1 Å². The molecule has 0 heterocycles. The Bertz CT molecular complexity index is 611. The summed E-state index contributed by atoms with van der Waals surface area (Å²) in [4.78, 5) is 12.4. The molecule has 0 aliphatic heterocycles. The number of nitrogens with zero attached hydrogens (tertiary/aromatic N) is 1. The second-order valence-corrected chi connectivity index (χ2v) is 5.96. The first-order valence-corrected chi connectivity index (χ1v) is 8.29. The summed E-state index contributed by atoms with van der Waals surface area (Å²) in [6.07, 6.45) is 2.85. The highest BCUT2D eigenvalue weighted by atomic mass is 16.5. The van der Waals surface area contributed by atoms with E-state index in [-0.39, 0.29) is 6.54 Å². The van der Waals surface area contributed by atoms with Crippen molar-refractivity contribution in [3.63, 3.8) is 0 Å². The Morgan fingerprint density at radius 2 is 1.67 bits per heavy atom. The largest absolute Gasteiger partial charge is 0.494 e. The van der Waals surface area contributed by atoms with E-state index in [1.54, 1.807) is 4.90 Å². The summed E-state index contributed by atoms with van der Waals surface area (Å²) in [5, 5.41) is 8.73. The summed E-state index contributed by atoms with van der Waals surface area (Å²) in [7, 11) is 1.82. The van der Waals surface area contributed by atoms with E-state index in [0.717, 1.165) is 31.6 Å². The molecule has 1 N–H and O–H groups in total. The van der Waals surface area contributed by atoms with Crippen LogP contribution in [-0.4, -0.2) is 42.7 Å².